The Morgan fingerprint density at radius 2 is 1.97 bits per heavy atom. The zero-order valence-corrected chi connectivity index (χ0v) is 18.8. The molecule has 1 N–H and O–H groups in total. The Hall–Kier alpha value is -0.910. The lowest BCUT2D eigenvalue weighted by Gasteiger charge is -2.33. The van der Waals surface area contributed by atoms with E-state index in [4.69, 9.17) is 4.52 Å². The van der Waals surface area contributed by atoms with Gasteiger partial charge in [0.05, 0.1) is 4.70 Å². The van der Waals surface area contributed by atoms with Crippen molar-refractivity contribution in [3.8, 4) is 0 Å². The van der Waals surface area contributed by atoms with Crippen LogP contribution in [0.3, 0.4) is 0 Å². The topological polar surface area (TPSA) is 41.3 Å². The molecule has 1 aliphatic heterocycles. The van der Waals surface area contributed by atoms with Crippen LogP contribution in [0.5, 0.6) is 0 Å². The number of rotatable bonds is 8. The van der Waals surface area contributed by atoms with Crippen LogP contribution < -0.4 is 5.32 Å². The fourth-order valence-electron chi connectivity index (χ4n) is 5.61. The lowest BCUT2D eigenvalue weighted by Crippen LogP contribution is -2.39. The summed E-state index contributed by atoms with van der Waals surface area (Å²) in [6.07, 6.45) is 13.8. The van der Waals surface area contributed by atoms with E-state index in [-0.39, 0.29) is 0 Å². The first-order valence-electron chi connectivity index (χ1n) is 12.0. The van der Waals surface area contributed by atoms with Crippen molar-refractivity contribution < 1.29 is 4.52 Å². The van der Waals surface area contributed by atoms with Gasteiger partial charge in [0.15, 0.2) is 5.58 Å². The van der Waals surface area contributed by atoms with Gasteiger partial charge in [0.2, 0.25) is 0 Å². The van der Waals surface area contributed by atoms with E-state index in [2.05, 4.69) is 27.7 Å². The van der Waals surface area contributed by atoms with Gasteiger partial charge in [-0.25, -0.2) is 0 Å². The molecule has 0 unspecified atom stereocenters. The predicted octanol–water partition coefficient (Wildman–Crippen LogP) is 5.80. The first kappa shape index (κ1) is 20.0. The summed E-state index contributed by atoms with van der Waals surface area (Å²) in [6.45, 7) is 7.34. The summed E-state index contributed by atoms with van der Waals surface area (Å²) >= 11 is 1.78. The molecule has 1 saturated heterocycles. The summed E-state index contributed by atoms with van der Waals surface area (Å²) in [6, 6.07) is 2.84. The molecule has 3 aliphatic rings. The zero-order valence-electron chi connectivity index (χ0n) is 18.0. The Labute approximate surface area is 179 Å². The van der Waals surface area contributed by atoms with E-state index in [0.717, 1.165) is 17.5 Å². The van der Waals surface area contributed by atoms with Crippen LogP contribution in [-0.2, 0) is 0 Å². The fourth-order valence-corrected chi connectivity index (χ4v) is 6.48. The maximum Gasteiger partial charge on any atom is 0.177 e. The van der Waals surface area contributed by atoms with Crippen molar-refractivity contribution in [2.24, 2.45) is 11.3 Å². The molecular formula is C24H37N3OS. The van der Waals surface area contributed by atoms with Gasteiger partial charge in [-0.1, -0.05) is 18.5 Å². The van der Waals surface area contributed by atoms with Gasteiger partial charge in [-0.05, 0) is 100 Å². The van der Waals surface area contributed by atoms with Gasteiger partial charge in [-0.15, -0.1) is 11.3 Å². The third-order valence-corrected chi connectivity index (χ3v) is 9.10. The average Bonchev–Trinajstić information content (AvgIpc) is 3.19. The molecule has 4 nitrogen and oxygen atoms in total. The first-order chi connectivity index (χ1) is 14.2. The van der Waals surface area contributed by atoms with Gasteiger partial charge in [0, 0.05) is 18.5 Å². The Kier molecular flexibility index (Phi) is 5.99. The Balaban J connectivity index is 1.04. The van der Waals surface area contributed by atoms with Gasteiger partial charge in [-0.2, -0.15) is 0 Å². The van der Waals surface area contributed by atoms with Crippen LogP contribution in [0.15, 0.2) is 16.0 Å². The molecule has 3 fully saturated rings. The number of hydrogen-bond donors (Lipinski definition) is 1. The zero-order chi connectivity index (χ0) is 19.7. The minimum atomic E-state index is 0.584. The van der Waals surface area contributed by atoms with E-state index < -0.39 is 0 Å². The number of aromatic nitrogens is 1. The molecule has 2 aliphatic carbocycles. The normalized spacial score (nSPS) is 28.2. The third-order valence-electron chi connectivity index (χ3n) is 8.18. The summed E-state index contributed by atoms with van der Waals surface area (Å²) in [4.78, 5) is 2.70. The smallest absolute Gasteiger partial charge is 0.177 e. The van der Waals surface area contributed by atoms with Crippen molar-refractivity contribution in [1.82, 2.24) is 15.4 Å². The highest BCUT2D eigenvalue weighted by molar-refractivity contribution is 7.17. The first-order valence-corrected chi connectivity index (χ1v) is 12.9. The minimum Gasteiger partial charge on any atom is -0.355 e. The summed E-state index contributed by atoms with van der Waals surface area (Å²) in [7, 11) is 0. The highest BCUT2D eigenvalue weighted by Gasteiger charge is 2.42. The molecule has 0 atom stereocenters. The van der Waals surface area contributed by atoms with Crippen molar-refractivity contribution in [3.05, 3.63) is 17.1 Å². The average molecular weight is 416 g/mol. The molecule has 0 aromatic carbocycles. The van der Waals surface area contributed by atoms with Crippen LogP contribution in [0.1, 0.15) is 82.7 Å². The van der Waals surface area contributed by atoms with Crippen LogP contribution in [0, 0.1) is 11.3 Å². The molecular weight excluding hydrogens is 378 g/mol. The number of hydrogen-bond acceptors (Lipinski definition) is 5. The van der Waals surface area contributed by atoms with E-state index in [1.54, 1.807) is 11.3 Å². The Bertz CT molecular complexity index is 779. The number of fused-ring (bicyclic) bond motifs is 1. The molecule has 3 heterocycles. The molecule has 5 heteroatoms. The van der Waals surface area contributed by atoms with Crippen molar-refractivity contribution >= 4 is 21.6 Å². The molecule has 0 bridgehead atoms. The quantitative estimate of drug-likeness (QED) is 0.592. The summed E-state index contributed by atoms with van der Waals surface area (Å²) in [5.41, 5.74) is 2.81. The molecule has 5 rings (SSSR count). The molecule has 0 amide bonds. The fraction of sp³-hybridized carbons (Fsp3) is 0.792. The number of likely N-dealkylation sites (tertiary alicyclic amines) is 1. The second kappa shape index (κ2) is 8.68. The third kappa shape index (κ3) is 4.57. The second-order valence-electron chi connectivity index (χ2n) is 10.1. The van der Waals surface area contributed by atoms with Crippen LogP contribution in [0.25, 0.3) is 10.3 Å². The number of thiophene rings is 1. The molecule has 29 heavy (non-hydrogen) atoms. The molecule has 0 spiro atoms. The molecule has 2 saturated carbocycles. The lowest BCUT2D eigenvalue weighted by molar-refractivity contribution is 0.188. The predicted molar refractivity (Wildman–Crippen MR) is 121 cm³/mol. The second-order valence-corrected chi connectivity index (χ2v) is 11.0. The molecule has 2 aromatic heterocycles. The monoisotopic (exact) mass is 415 g/mol. The van der Waals surface area contributed by atoms with Crippen LogP contribution in [-0.4, -0.2) is 42.3 Å². The van der Waals surface area contributed by atoms with Crippen molar-refractivity contribution in [2.75, 3.05) is 26.2 Å². The summed E-state index contributed by atoms with van der Waals surface area (Å²) in [5, 5.41) is 10.5. The van der Waals surface area contributed by atoms with Crippen LogP contribution >= 0.6 is 11.3 Å². The van der Waals surface area contributed by atoms with Gasteiger partial charge in [0.25, 0.3) is 0 Å². The van der Waals surface area contributed by atoms with Gasteiger partial charge in [0.1, 0.15) is 5.69 Å². The van der Waals surface area contributed by atoms with Gasteiger partial charge < -0.3 is 14.7 Å². The largest absolute Gasteiger partial charge is 0.355 e. The number of nitrogens with one attached hydrogen (secondary N) is 1. The highest BCUT2D eigenvalue weighted by Crippen LogP contribution is 2.49. The molecule has 0 radical (unpaired) electrons. The standard InChI is InChI=1S/C24H37N3OS/c1-2-18-3-5-20(6-4-18)25-17-24(10-11-24)12-15-27-13-7-19(8-14-27)22-23-21(28-26-22)9-16-29-23/h9,16,18-20,25H,2-8,10-15,17H2,1H3/t18-,20-. The van der Waals surface area contributed by atoms with Crippen molar-refractivity contribution in [1.29, 1.82) is 0 Å². The van der Waals surface area contributed by atoms with E-state index in [1.165, 1.54) is 101 Å². The van der Waals surface area contributed by atoms with Crippen LogP contribution in [0.4, 0.5) is 0 Å². The van der Waals surface area contributed by atoms with Crippen LogP contribution in [0.2, 0.25) is 0 Å². The molecule has 2 aromatic rings. The molecule has 160 valence electrons. The van der Waals surface area contributed by atoms with Crippen molar-refractivity contribution in [2.45, 2.75) is 83.1 Å². The van der Waals surface area contributed by atoms with E-state index in [9.17, 15) is 0 Å². The number of nitrogens with zero attached hydrogens (tertiary/aromatic N) is 2. The number of piperidine rings is 1. The van der Waals surface area contributed by atoms with E-state index in [1.807, 2.05) is 6.07 Å². The van der Waals surface area contributed by atoms with Gasteiger partial charge in [-0.3, -0.25) is 0 Å². The SMILES string of the molecule is CC[C@H]1CC[C@H](NCC2(CCN3CCC(c4noc5ccsc45)CC3)CC2)CC1. The van der Waals surface area contributed by atoms with E-state index in [0.29, 0.717) is 11.3 Å². The maximum absolute atomic E-state index is 5.50. The highest BCUT2D eigenvalue weighted by atomic mass is 32.1. The lowest BCUT2D eigenvalue weighted by atomic mass is 9.84. The van der Waals surface area contributed by atoms with E-state index >= 15 is 0 Å². The minimum absolute atomic E-state index is 0.584. The van der Waals surface area contributed by atoms with Gasteiger partial charge >= 0.3 is 0 Å². The summed E-state index contributed by atoms with van der Waals surface area (Å²) < 4.78 is 6.78. The van der Waals surface area contributed by atoms with Crippen molar-refractivity contribution in [3.63, 3.8) is 0 Å². The Morgan fingerprint density at radius 3 is 2.69 bits per heavy atom. The maximum atomic E-state index is 5.50. The Morgan fingerprint density at radius 1 is 1.17 bits per heavy atom. The summed E-state index contributed by atoms with van der Waals surface area (Å²) in [5.74, 6) is 1.58.